The summed E-state index contributed by atoms with van der Waals surface area (Å²) in [6.45, 7) is 6.66. The molecule has 0 bridgehead atoms. The van der Waals surface area contributed by atoms with Crippen LogP contribution in [-0.2, 0) is 16.0 Å². The first kappa shape index (κ1) is 34.6. The van der Waals surface area contributed by atoms with E-state index in [-0.39, 0.29) is 22.1 Å². The van der Waals surface area contributed by atoms with Crippen LogP contribution in [-0.4, -0.2) is 88.9 Å². The second-order valence-electron chi connectivity index (χ2n) is 13.1. The predicted molar refractivity (Wildman–Crippen MR) is 185 cm³/mol. The van der Waals surface area contributed by atoms with Crippen molar-refractivity contribution in [3.05, 3.63) is 63.3 Å². The van der Waals surface area contributed by atoms with Crippen LogP contribution < -0.4 is 10.2 Å². The molecule has 3 heterocycles. The smallest absolute Gasteiger partial charge is 0.305 e. The molecule has 2 fully saturated rings. The van der Waals surface area contributed by atoms with Crippen molar-refractivity contribution in [3.63, 3.8) is 0 Å². The highest BCUT2D eigenvalue weighted by Gasteiger charge is 2.40. The van der Waals surface area contributed by atoms with Crippen LogP contribution >= 0.6 is 11.3 Å². The number of aliphatic hydroxyl groups excluding tert-OH is 1. The van der Waals surface area contributed by atoms with E-state index >= 15 is 0 Å². The van der Waals surface area contributed by atoms with E-state index in [0.29, 0.717) is 35.4 Å². The molecule has 2 aliphatic rings. The summed E-state index contributed by atoms with van der Waals surface area (Å²) in [5.41, 5.74) is 2.21. The number of H-pyrrole nitrogens is 1. The monoisotopic (exact) mass is 652 g/mol. The zero-order chi connectivity index (χ0) is 32.2. The molecule has 10 heteroatoms. The Morgan fingerprint density at radius 1 is 0.978 bits per heavy atom. The summed E-state index contributed by atoms with van der Waals surface area (Å²) in [6.07, 6.45) is 12.3. The number of morpholine rings is 1. The van der Waals surface area contributed by atoms with Gasteiger partial charge in [0.25, 0.3) is 0 Å². The van der Waals surface area contributed by atoms with Gasteiger partial charge in [0.2, 0.25) is 5.91 Å². The molecule has 1 aromatic heterocycles. The molecule has 1 atom stereocenters. The summed E-state index contributed by atoms with van der Waals surface area (Å²) in [4.78, 5) is 31.7. The first-order valence-corrected chi connectivity index (χ1v) is 18.2. The van der Waals surface area contributed by atoms with E-state index in [1.165, 1.54) is 50.2 Å². The predicted octanol–water partition coefficient (Wildman–Crippen LogP) is 5.37. The first-order valence-electron chi connectivity index (χ1n) is 17.3. The molecule has 0 aliphatic carbocycles. The number of aryl methyl sites for hydroxylation is 1. The minimum absolute atomic E-state index is 0.0269. The number of hydrogen-bond donors (Lipinski definition) is 4. The number of likely N-dealkylation sites (tertiary alicyclic amines) is 1. The highest BCUT2D eigenvalue weighted by molar-refractivity contribution is 7.16. The van der Waals surface area contributed by atoms with Crippen LogP contribution in [0.5, 0.6) is 5.75 Å². The van der Waals surface area contributed by atoms with Crippen LogP contribution in [0.15, 0.2) is 47.3 Å². The molecule has 9 nitrogen and oxygen atoms in total. The highest BCUT2D eigenvalue weighted by Crippen LogP contribution is 2.32. The fourth-order valence-corrected chi connectivity index (χ4v) is 7.83. The van der Waals surface area contributed by atoms with Gasteiger partial charge in [0, 0.05) is 44.7 Å². The third-order valence-corrected chi connectivity index (χ3v) is 10.6. The third kappa shape index (κ3) is 9.87. The van der Waals surface area contributed by atoms with Crippen LogP contribution in [0.25, 0.3) is 10.2 Å². The van der Waals surface area contributed by atoms with E-state index in [2.05, 4.69) is 44.4 Å². The fourth-order valence-electron chi connectivity index (χ4n) is 6.91. The van der Waals surface area contributed by atoms with Gasteiger partial charge < -0.3 is 35.1 Å². The molecule has 3 aromatic rings. The Morgan fingerprint density at radius 3 is 2.50 bits per heavy atom. The third-order valence-electron chi connectivity index (χ3n) is 9.68. The summed E-state index contributed by atoms with van der Waals surface area (Å²) >= 11 is 1.02. The summed E-state index contributed by atoms with van der Waals surface area (Å²) < 4.78 is 6.93. The number of hydrogen-bond acceptors (Lipinski definition) is 8. The van der Waals surface area contributed by atoms with Crippen molar-refractivity contribution < 1.29 is 19.7 Å². The van der Waals surface area contributed by atoms with E-state index in [1.807, 2.05) is 6.07 Å². The minimum atomic E-state index is -0.727. The second-order valence-corrected chi connectivity index (χ2v) is 14.1. The van der Waals surface area contributed by atoms with Crippen LogP contribution in [0.1, 0.15) is 87.9 Å². The van der Waals surface area contributed by atoms with Crippen molar-refractivity contribution in [2.45, 2.75) is 88.8 Å². The van der Waals surface area contributed by atoms with Crippen LogP contribution in [0, 0.1) is 0 Å². The Morgan fingerprint density at radius 2 is 1.72 bits per heavy atom. The van der Waals surface area contributed by atoms with Crippen LogP contribution in [0.4, 0.5) is 0 Å². The number of benzene rings is 2. The lowest BCUT2D eigenvalue weighted by Crippen LogP contribution is -2.58. The molecular formula is C36H52N4O5S. The number of nitrogens with one attached hydrogen (secondary N) is 2. The molecule has 2 aliphatic heterocycles. The zero-order valence-corrected chi connectivity index (χ0v) is 28.0. The number of aromatic amines is 1. The van der Waals surface area contributed by atoms with Crippen molar-refractivity contribution in [2.75, 3.05) is 52.4 Å². The number of fused-ring (bicyclic) bond motifs is 1. The molecule has 2 saturated heterocycles. The number of aromatic hydroxyl groups is 1. The van der Waals surface area contributed by atoms with Gasteiger partial charge in [-0.05, 0) is 63.2 Å². The number of piperidine rings is 1. The Labute approximate surface area is 277 Å². The molecule has 46 heavy (non-hydrogen) atoms. The number of unbranched alkanes of at least 4 members (excludes halogenated alkanes) is 6. The topological polar surface area (TPSA) is 118 Å². The minimum Gasteiger partial charge on any atom is -0.506 e. The molecule has 5 rings (SSSR count). The van der Waals surface area contributed by atoms with Crippen LogP contribution in [0.3, 0.4) is 0 Å². The second kappa shape index (κ2) is 17.4. The average molecular weight is 653 g/mol. The number of aliphatic hydroxyl groups is 1. The Bertz CT molecular complexity index is 1420. The van der Waals surface area contributed by atoms with E-state index < -0.39 is 6.10 Å². The van der Waals surface area contributed by atoms with Gasteiger partial charge in [-0.25, -0.2) is 0 Å². The van der Waals surface area contributed by atoms with E-state index in [4.69, 9.17) is 4.74 Å². The maximum absolute atomic E-state index is 12.9. The number of phenolic OH excluding ortho intramolecular Hbond substituents is 1. The van der Waals surface area contributed by atoms with Gasteiger partial charge in [-0.1, -0.05) is 79.8 Å². The SMILES string of the molecule is O=C(CCCc1ccccc1)N1CCOC2(CCN(CCCCCCCCCNCC(O)c3ccc(O)c4[nH]c(=O)sc34)CC2)C1. The molecule has 0 radical (unpaired) electrons. The van der Waals surface area contributed by atoms with Gasteiger partial charge in [0.05, 0.1) is 23.0 Å². The largest absolute Gasteiger partial charge is 0.506 e. The first-order chi connectivity index (χ1) is 22.4. The lowest BCUT2D eigenvalue weighted by Gasteiger charge is -2.47. The average Bonchev–Trinajstić information content (AvgIpc) is 3.47. The molecule has 2 aromatic carbocycles. The summed E-state index contributed by atoms with van der Waals surface area (Å²) in [7, 11) is 0. The van der Waals surface area contributed by atoms with Gasteiger partial charge in [0.15, 0.2) is 0 Å². The lowest BCUT2D eigenvalue weighted by atomic mass is 9.89. The number of nitrogens with zero attached hydrogens (tertiary/aromatic N) is 2. The number of carbonyl (C=O) groups excluding carboxylic acids is 1. The molecular weight excluding hydrogens is 600 g/mol. The standard InChI is InChI=1S/C36H52N4O5S/c41-30-17-16-29(34-33(30)38-35(44)46-34)31(42)26-37-20-9-4-2-1-3-5-10-21-39-22-18-36(19-23-39)27-40(24-25-45-36)32(43)15-11-14-28-12-7-6-8-13-28/h6-8,12-13,16-17,31,37,41-42H,1-5,9-11,14-15,18-27H2,(H,38,44). The highest BCUT2D eigenvalue weighted by atomic mass is 32.1. The van der Waals surface area contributed by atoms with Crippen LogP contribution in [0.2, 0.25) is 0 Å². The van der Waals surface area contributed by atoms with Gasteiger partial charge in [-0.15, -0.1) is 0 Å². The van der Waals surface area contributed by atoms with Crippen molar-refractivity contribution in [1.29, 1.82) is 0 Å². The quantitative estimate of drug-likeness (QED) is 0.145. The van der Waals surface area contributed by atoms with Gasteiger partial charge >= 0.3 is 4.87 Å². The normalized spacial score (nSPS) is 17.5. The number of amides is 1. The summed E-state index contributed by atoms with van der Waals surface area (Å²) in [5, 5.41) is 23.9. The van der Waals surface area contributed by atoms with Crippen molar-refractivity contribution in [2.24, 2.45) is 0 Å². The number of carbonyl (C=O) groups is 1. The summed E-state index contributed by atoms with van der Waals surface area (Å²) in [5.74, 6) is 0.306. The number of ether oxygens (including phenoxy) is 1. The molecule has 252 valence electrons. The number of phenols is 1. The Kier molecular flexibility index (Phi) is 13.1. The van der Waals surface area contributed by atoms with Crippen molar-refractivity contribution >= 4 is 27.5 Å². The van der Waals surface area contributed by atoms with E-state index in [1.54, 1.807) is 6.07 Å². The van der Waals surface area contributed by atoms with Gasteiger partial charge in [-0.3, -0.25) is 9.59 Å². The number of rotatable bonds is 17. The molecule has 1 unspecified atom stereocenters. The Balaban J connectivity index is 0.866. The maximum Gasteiger partial charge on any atom is 0.305 e. The maximum atomic E-state index is 12.9. The van der Waals surface area contributed by atoms with Crippen molar-refractivity contribution in [1.82, 2.24) is 20.1 Å². The summed E-state index contributed by atoms with van der Waals surface area (Å²) in [6, 6.07) is 13.6. The fraction of sp³-hybridized carbons (Fsp3) is 0.611. The molecule has 0 saturated carbocycles. The molecule has 1 spiro atoms. The molecule has 1 amide bonds. The Hall–Kier alpha value is -2.76. The molecule has 4 N–H and O–H groups in total. The zero-order valence-electron chi connectivity index (χ0n) is 27.2. The van der Waals surface area contributed by atoms with E-state index in [0.717, 1.165) is 82.7 Å². The number of thiazole rings is 1. The van der Waals surface area contributed by atoms with Gasteiger partial charge in [0.1, 0.15) is 11.3 Å². The van der Waals surface area contributed by atoms with Gasteiger partial charge in [-0.2, -0.15) is 0 Å². The lowest BCUT2D eigenvalue weighted by molar-refractivity contribution is -0.159. The van der Waals surface area contributed by atoms with E-state index in [9.17, 15) is 19.8 Å². The number of aromatic nitrogens is 1. The van der Waals surface area contributed by atoms with Crippen molar-refractivity contribution in [3.8, 4) is 5.75 Å².